The van der Waals surface area contributed by atoms with Crippen LogP contribution in [-0.4, -0.2) is 23.1 Å². The number of phenols is 1. The molecule has 0 radical (unpaired) electrons. The van der Waals surface area contributed by atoms with Crippen LogP contribution in [0.5, 0.6) is 5.75 Å². The molecule has 0 aromatic heterocycles. The fourth-order valence-electron chi connectivity index (χ4n) is 2.45. The van der Waals surface area contributed by atoms with E-state index in [4.69, 9.17) is 4.74 Å². The molecule has 0 aliphatic carbocycles. The Morgan fingerprint density at radius 2 is 1.65 bits per heavy atom. The number of hydrogen-bond acceptors (Lipinski definition) is 4. The molecule has 3 rings (SSSR count). The van der Waals surface area contributed by atoms with Gasteiger partial charge in [0.05, 0.1) is 0 Å². The highest BCUT2D eigenvalue weighted by molar-refractivity contribution is 9.10. The minimum atomic E-state index is -1.02. The summed E-state index contributed by atoms with van der Waals surface area (Å²) >= 11 is 3.32. The number of hydrogen-bond donors (Lipinski definition) is 2. The first-order valence-corrected chi connectivity index (χ1v) is 8.72. The average molecular weight is 414 g/mol. The highest BCUT2D eigenvalue weighted by Gasteiger charge is 2.21. The van der Waals surface area contributed by atoms with Gasteiger partial charge in [-0.25, -0.2) is 4.79 Å². The summed E-state index contributed by atoms with van der Waals surface area (Å²) in [6.45, 7) is 1.48. The van der Waals surface area contributed by atoms with Gasteiger partial charge in [-0.1, -0.05) is 40.2 Å². The SMILES string of the molecule is C[C@H](OC(=O)c1cc2ccccc2cc1O)C(=O)Nc1ccc(Br)cc1. The number of benzene rings is 3. The van der Waals surface area contributed by atoms with E-state index in [-0.39, 0.29) is 11.3 Å². The second kappa shape index (κ2) is 7.58. The maximum atomic E-state index is 12.4. The molecule has 6 heteroatoms. The molecule has 5 nitrogen and oxygen atoms in total. The molecule has 1 amide bonds. The van der Waals surface area contributed by atoms with Gasteiger partial charge in [-0.2, -0.15) is 0 Å². The van der Waals surface area contributed by atoms with E-state index in [0.29, 0.717) is 5.69 Å². The summed E-state index contributed by atoms with van der Waals surface area (Å²) in [4.78, 5) is 24.6. The topological polar surface area (TPSA) is 75.6 Å². The van der Waals surface area contributed by atoms with Crippen molar-refractivity contribution in [2.24, 2.45) is 0 Å². The quantitative estimate of drug-likeness (QED) is 0.617. The maximum Gasteiger partial charge on any atom is 0.342 e. The van der Waals surface area contributed by atoms with Crippen LogP contribution in [0.3, 0.4) is 0 Å². The van der Waals surface area contributed by atoms with Gasteiger partial charge in [-0.15, -0.1) is 0 Å². The Hall–Kier alpha value is -2.86. The number of phenolic OH excluding ortho intramolecular Hbond substituents is 1. The van der Waals surface area contributed by atoms with Crippen molar-refractivity contribution < 1.29 is 19.4 Å². The van der Waals surface area contributed by atoms with E-state index < -0.39 is 18.0 Å². The van der Waals surface area contributed by atoms with Crippen molar-refractivity contribution >= 4 is 44.3 Å². The Bertz CT molecular complexity index is 969. The number of amides is 1. The Kier molecular flexibility index (Phi) is 5.23. The van der Waals surface area contributed by atoms with E-state index in [1.54, 1.807) is 30.3 Å². The molecule has 0 saturated heterocycles. The minimum absolute atomic E-state index is 0.0204. The maximum absolute atomic E-state index is 12.4. The van der Waals surface area contributed by atoms with Gasteiger partial charge in [-0.05, 0) is 54.1 Å². The molecule has 3 aromatic carbocycles. The van der Waals surface area contributed by atoms with E-state index >= 15 is 0 Å². The summed E-state index contributed by atoms with van der Waals surface area (Å²) in [7, 11) is 0. The molecule has 0 aliphatic rings. The summed E-state index contributed by atoms with van der Waals surface area (Å²) in [5, 5.41) is 14.4. The number of halogens is 1. The Morgan fingerprint density at radius 3 is 2.31 bits per heavy atom. The van der Waals surface area contributed by atoms with Crippen LogP contribution in [0.25, 0.3) is 10.8 Å². The van der Waals surface area contributed by atoms with Crippen LogP contribution < -0.4 is 5.32 Å². The summed E-state index contributed by atoms with van der Waals surface area (Å²) in [5.41, 5.74) is 0.613. The predicted octanol–water partition coefficient (Wildman–Crippen LogP) is 4.49. The predicted molar refractivity (Wildman–Crippen MR) is 103 cm³/mol. The monoisotopic (exact) mass is 413 g/mol. The molecule has 0 aliphatic heterocycles. The lowest BCUT2D eigenvalue weighted by Gasteiger charge is -2.14. The van der Waals surface area contributed by atoms with Gasteiger partial charge in [-0.3, -0.25) is 4.79 Å². The number of ether oxygens (including phenoxy) is 1. The number of rotatable bonds is 4. The average Bonchev–Trinajstić information content (AvgIpc) is 2.62. The Morgan fingerprint density at radius 1 is 1.04 bits per heavy atom. The van der Waals surface area contributed by atoms with E-state index in [1.807, 2.05) is 24.3 Å². The standard InChI is InChI=1S/C20H16BrNO4/c1-12(19(24)22-16-8-6-15(21)7-9-16)26-20(25)17-10-13-4-2-3-5-14(13)11-18(17)23/h2-12,23H,1H3,(H,22,24)/t12-/m0/s1. The summed E-state index contributed by atoms with van der Waals surface area (Å²) in [5.74, 6) is -1.40. The molecule has 1 atom stereocenters. The van der Waals surface area contributed by atoms with Gasteiger partial charge in [0.25, 0.3) is 5.91 Å². The first-order valence-electron chi connectivity index (χ1n) is 7.93. The summed E-state index contributed by atoms with van der Waals surface area (Å²) < 4.78 is 6.09. The smallest absolute Gasteiger partial charge is 0.342 e. The van der Waals surface area contributed by atoms with Crippen molar-refractivity contribution in [1.82, 2.24) is 0 Å². The Labute approximate surface area is 158 Å². The molecule has 0 saturated carbocycles. The molecule has 26 heavy (non-hydrogen) atoms. The van der Waals surface area contributed by atoms with E-state index in [9.17, 15) is 14.7 Å². The fourth-order valence-corrected chi connectivity index (χ4v) is 2.71. The van der Waals surface area contributed by atoms with Crippen LogP contribution in [0.2, 0.25) is 0 Å². The number of anilines is 1. The van der Waals surface area contributed by atoms with Crippen LogP contribution in [-0.2, 0) is 9.53 Å². The second-order valence-corrected chi connectivity index (χ2v) is 6.68. The van der Waals surface area contributed by atoms with Crippen LogP contribution in [0.1, 0.15) is 17.3 Å². The van der Waals surface area contributed by atoms with Gasteiger partial charge in [0, 0.05) is 10.2 Å². The normalized spacial score (nSPS) is 11.8. The first kappa shape index (κ1) is 17.9. The van der Waals surface area contributed by atoms with Gasteiger partial charge in [0.2, 0.25) is 0 Å². The van der Waals surface area contributed by atoms with Gasteiger partial charge in [0.15, 0.2) is 6.10 Å². The van der Waals surface area contributed by atoms with Crippen LogP contribution in [0, 0.1) is 0 Å². The molecule has 0 bridgehead atoms. The number of nitrogens with one attached hydrogen (secondary N) is 1. The van der Waals surface area contributed by atoms with E-state index in [1.165, 1.54) is 13.0 Å². The van der Waals surface area contributed by atoms with Crippen molar-refractivity contribution in [2.45, 2.75) is 13.0 Å². The molecular formula is C20H16BrNO4. The zero-order valence-electron chi connectivity index (χ0n) is 13.9. The molecule has 0 fully saturated rings. The van der Waals surface area contributed by atoms with Crippen molar-refractivity contribution in [3.63, 3.8) is 0 Å². The van der Waals surface area contributed by atoms with Gasteiger partial charge < -0.3 is 15.2 Å². The van der Waals surface area contributed by atoms with E-state index in [0.717, 1.165) is 15.2 Å². The molecule has 0 spiro atoms. The molecular weight excluding hydrogens is 398 g/mol. The first-order chi connectivity index (χ1) is 12.4. The van der Waals surface area contributed by atoms with E-state index in [2.05, 4.69) is 21.2 Å². The van der Waals surface area contributed by atoms with Crippen molar-refractivity contribution in [2.75, 3.05) is 5.32 Å². The van der Waals surface area contributed by atoms with Crippen LogP contribution in [0.15, 0.2) is 65.1 Å². The lowest BCUT2D eigenvalue weighted by Crippen LogP contribution is -2.30. The zero-order chi connectivity index (χ0) is 18.7. The van der Waals surface area contributed by atoms with Gasteiger partial charge >= 0.3 is 5.97 Å². The third-order valence-corrected chi connectivity index (χ3v) is 4.38. The largest absolute Gasteiger partial charge is 0.507 e. The highest BCUT2D eigenvalue weighted by atomic mass is 79.9. The zero-order valence-corrected chi connectivity index (χ0v) is 15.5. The van der Waals surface area contributed by atoms with Crippen molar-refractivity contribution in [3.05, 3.63) is 70.7 Å². The summed E-state index contributed by atoms with van der Waals surface area (Å²) in [6, 6.07) is 17.4. The van der Waals surface area contributed by atoms with Crippen LogP contribution in [0.4, 0.5) is 5.69 Å². The second-order valence-electron chi connectivity index (χ2n) is 5.76. The molecule has 2 N–H and O–H groups in total. The number of fused-ring (bicyclic) bond motifs is 1. The molecule has 132 valence electrons. The van der Waals surface area contributed by atoms with Crippen molar-refractivity contribution in [1.29, 1.82) is 0 Å². The third kappa shape index (κ3) is 4.03. The lowest BCUT2D eigenvalue weighted by atomic mass is 10.1. The van der Waals surface area contributed by atoms with Crippen LogP contribution >= 0.6 is 15.9 Å². The highest BCUT2D eigenvalue weighted by Crippen LogP contribution is 2.26. The molecule has 3 aromatic rings. The third-order valence-electron chi connectivity index (χ3n) is 3.85. The lowest BCUT2D eigenvalue weighted by molar-refractivity contribution is -0.123. The Balaban J connectivity index is 1.71. The number of aromatic hydroxyl groups is 1. The minimum Gasteiger partial charge on any atom is -0.507 e. The molecule has 0 heterocycles. The number of esters is 1. The number of carbonyl (C=O) groups excluding carboxylic acids is 2. The van der Waals surface area contributed by atoms with Crippen molar-refractivity contribution in [3.8, 4) is 5.75 Å². The summed E-state index contributed by atoms with van der Waals surface area (Å²) in [6.07, 6.45) is -1.02. The van der Waals surface area contributed by atoms with Gasteiger partial charge in [0.1, 0.15) is 11.3 Å². The fraction of sp³-hybridized carbons (Fsp3) is 0.100. The molecule has 0 unspecified atom stereocenters. The number of carbonyl (C=O) groups is 2.